The molecule has 3 N–H and O–H groups in total. The molecule has 0 bridgehead atoms. The summed E-state index contributed by atoms with van der Waals surface area (Å²) in [5.41, 5.74) is 10.5. The highest BCUT2D eigenvalue weighted by molar-refractivity contribution is 6.35. The highest BCUT2D eigenvalue weighted by Crippen LogP contribution is 2.32. The maximum atomic E-state index is 14.6. The Kier molecular flexibility index (Phi) is 4.49. The number of para-hydroxylation sites is 3. The van der Waals surface area contributed by atoms with Crippen molar-refractivity contribution in [2.45, 2.75) is 6.92 Å². The molecule has 1 aliphatic rings. The Morgan fingerprint density at radius 1 is 1.07 bits per heavy atom. The Morgan fingerprint density at radius 3 is 2.64 bits per heavy atom. The number of carbonyl (C=O) groups is 1. The number of aliphatic imine (C=N–C) groups is 1. The largest absolute Gasteiger partial charge is 0.397 e. The van der Waals surface area contributed by atoms with Crippen molar-refractivity contribution in [3.05, 3.63) is 95.3 Å². The van der Waals surface area contributed by atoms with Crippen LogP contribution in [-0.2, 0) is 4.79 Å². The van der Waals surface area contributed by atoms with Crippen LogP contribution in [-0.4, -0.2) is 11.6 Å². The third kappa shape index (κ3) is 3.30. The van der Waals surface area contributed by atoms with Crippen LogP contribution in [0.5, 0.6) is 0 Å². The fraction of sp³-hybridized carbons (Fsp3) is 0.0435. The normalized spacial score (nSPS) is 14.9. The van der Waals surface area contributed by atoms with Gasteiger partial charge in [-0.2, -0.15) is 0 Å². The molecule has 138 valence electrons. The third-order valence-corrected chi connectivity index (χ3v) is 4.57. The number of aryl methyl sites for hydroxylation is 1. The molecule has 28 heavy (non-hydrogen) atoms. The number of benzene rings is 3. The highest BCUT2D eigenvalue weighted by atomic mass is 19.1. The SMILES string of the molecule is Cc1ccc(F)c(C(/C=C2\C(=O)Nc3ccccc32)=Nc2ccccc2N)c1. The number of anilines is 2. The average Bonchev–Trinajstić information content (AvgIpc) is 3.00. The minimum atomic E-state index is -0.414. The number of halogens is 1. The first-order valence-corrected chi connectivity index (χ1v) is 8.85. The second-order valence-electron chi connectivity index (χ2n) is 6.60. The number of nitrogens with one attached hydrogen (secondary N) is 1. The maximum absolute atomic E-state index is 14.6. The molecule has 0 unspecified atom stereocenters. The average molecular weight is 371 g/mol. The Balaban J connectivity index is 1.93. The summed E-state index contributed by atoms with van der Waals surface area (Å²) >= 11 is 0. The quantitative estimate of drug-likeness (QED) is 0.392. The summed E-state index contributed by atoms with van der Waals surface area (Å²) in [5.74, 6) is -0.662. The van der Waals surface area contributed by atoms with Gasteiger partial charge in [0, 0.05) is 16.8 Å². The van der Waals surface area contributed by atoms with Crippen LogP contribution in [0, 0.1) is 12.7 Å². The Labute approximate surface area is 162 Å². The van der Waals surface area contributed by atoms with Gasteiger partial charge in [0.1, 0.15) is 5.82 Å². The van der Waals surface area contributed by atoms with E-state index in [1.807, 2.05) is 37.3 Å². The van der Waals surface area contributed by atoms with E-state index in [4.69, 9.17) is 5.73 Å². The van der Waals surface area contributed by atoms with E-state index in [1.165, 1.54) is 6.07 Å². The Hall–Kier alpha value is -3.73. The summed E-state index contributed by atoms with van der Waals surface area (Å²) < 4.78 is 14.6. The van der Waals surface area contributed by atoms with E-state index in [9.17, 15) is 9.18 Å². The first kappa shape index (κ1) is 17.7. The summed E-state index contributed by atoms with van der Waals surface area (Å²) in [6.07, 6.45) is 1.62. The van der Waals surface area contributed by atoms with Gasteiger partial charge >= 0.3 is 0 Å². The lowest BCUT2D eigenvalue weighted by Crippen LogP contribution is -2.08. The molecule has 0 aromatic heterocycles. The van der Waals surface area contributed by atoms with Crippen LogP contribution in [0.15, 0.2) is 77.8 Å². The summed E-state index contributed by atoms with van der Waals surface area (Å²) in [7, 11) is 0. The van der Waals surface area contributed by atoms with Crippen molar-refractivity contribution in [3.8, 4) is 0 Å². The molecule has 0 radical (unpaired) electrons. The Morgan fingerprint density at radius 2 is 1.82 bits per heavy atom. The predicted octanol–water partition coefficient (Wildman–Crippen LogP) is 4.87. The first-order chi connectivity index (χ1) is 13.5. The van der Waals surface area contributed by atoms with Gasteiger partial charge in [0.2, 0.25) is 0 Å². The molecule has 0 aliphatic carbocycles. The number of nitrogens with zero attached hydrogens (tertiary/aromatic N) is 1. The van der Waals surface area contributed by atoms with Gasteiger partial charge in [-0.3, -0.25) is 4.79 Å². The van der Waals surface area contributed by atoms with Crippen molar-refractivity contribution < 1.29 is 9.18 Å². The molecule has 1 heterocycles. The van der Waals surface area contributed by atoms with Crippen molar-refractivity contribution in [2.75, 3.05) is 11.1 Å². The van der Waals surface area contributed by atoms with Gasteiger partial charge < -0.3 is 11.1 Å². The maximum Gasteiger partial charge on any atom is 0.256 e. The molecule has 0 saturated heterocycles. The molecule has 0 saturated carbocycles. The van der Waals surface area contributed by atoms with Crippen LogP contribution in [0.1, 0.15) is 16.7 Å². The highest BCUT2D eigenvalue weighted by Gasteiger charge is 2.24. The number of carbonyl (C=O) groups excluding carboxylic acids is 1. The number of nitrogen functional groups attached to an aromatic ring is 1. The van der Waals surface area contributed by atoms with E-state index in [0.29, 0.717) is 28.2 Å². The molecule has 4 nitrogen and oxygen atoms in total. The monoisotopic (exact) mass is 371 g/mol. The summed E-state index contributed by atoms with van der Waals surface area (Å²) in [6.45, 7) is 1.88. The van der Waals surface area contributed by atoms with Crippen molar-refractivity contribution in [2.24, 2.45) is 4.99 Å². The fourth-order valence-corrected chi connectivity index (χ4v) is 3.14. The molecule has 4 rings (SSSR count). The van der Waals surface area contributed by atoms with Crippen LogP contribution >= 0.6 is 0 Å². The molecule has 3 aromatic rings. The number of fused-ring (bicyclic) bond motifs is 1. The molecule has 0 fully saturated rings. The van der Waals surface area contributed by atoms with Gasteiger partial charge in [0.05, 0.1) is 22.7 Å². The first-order valence-electron chi connectivity index (χ1n) is 8.85. The van der Waals surface area contributed by atoms with Crippen molar-refractivity contribution in [3.63, 3.8) is 0 Å². The zero-order chi connectivity index (χ0) is 19.7. The molecule has 1 aliphatic heterocycles. The number of amides is 1. The lowest BCUT2D eigenvalue weighted by Gasteiger charge is -2.08. The lowest BCUT2D eigenvalue weighted by atomic mass is 10.0. The van der Waals surface area contributed by atoms with Crippen molar-refractivity contribution in [1.29, 1.82) is 0 Å². The van der Waals surface area contributed by atoms with Gasteiger partial charge in [-0.05, 0) is 43.3 Å². The van der Waals surface area contributed by atoms with Crippen molar-refractivity contribution >= 4 is 34.3 Å². The summed E-state index contributed by atoms with van der Waals surface area (Å²) in [6, 6.07) is 19.3. The van der Waals surface area contributed by atoms with Gasteiger partial charge in [-0.25, -0.2) is 9.38 Å². The minimum Gasteiger partial charge on any atom is -0.397 e. The zero-order valence-corrected chi connectivity index (χ0v) is 15.2. The summed E-state index contributed by atoms with van der Waals surface area (Å²) in [4.78, 5) is 17.1. The van der Waals surface area contributed by atoms with Crippen LogP contribution in [0.25, 0.3) is 5.57 Å². The van der Waals surface area contributed by atoms with Crippen LogP contribution in [0.4, 0.5) is 21.5 Å². The van der Waals surface area contributed by atoms with E-state index in [2.05, 4.69) is 10.3 Å². The standard InChI is InChI=1S/C23H18FN3O/c1-14-10-11-18(24)17(12-14)22(26-21-9-5-3-7-19(21)25)13-16-15-6-2-4-8-20(15)27-23(16)28/h2-13H,25H2,1H3,(H,27,28)/b16-13-,26-22?. The van der Waals surface area contributed by atoms with Gasteiger partial charge in [-0.15, -0.1) is 0 Å². The van der Waals surface area contributed by atoms with E-state index in [1.54, 1.807) is 36.4 Å². The van der Waals surface area contributed by atoms with E-state index >= 15 is 0 Å². The van der Waals surface area contributed by atoms with Crippen molar-refractivity contribution in [1.82, 2.24) is 0 Å². The smallest absolute Gasteiger partial charge is 0.256 e. The molecular weight excluding hydrogens is 353 g/mol. The molecular formula is C23H18FN3O. The van der Waals surface area contributed by atoms with E-state index < -0.39 is 5.82 Å². The minimum absolute atomic E-state index is 0.247. The molecule has 0 spiro atoms. The van der Waals surface area contributed by atoms with E-state index in [-0.39, 0.29) is 5.91 Å². The zero-order valence-electron chi connectivity index (χ0n) is 15.2. The number of hydrogen-bond donors (Lipinski definition) is 2. The molecule has 1 amide bonds. The number of rotatable bonds is 3. The predicted molar refractivity (Wildman–Crippen MR) is 111 cm³/mol. The topological polar surface area (TPSA) is 67.5 Å². The molecule has 0 atom stereocenters. The van der Waals surface area contributed by atoms with E-state index in [0.717, 1.165) is 16.8 Å². The third-order valence-electron chi connectivity index (χ3n) is 4.57. The number of hydrogen-bond acceptors (Lipinski definition) is 3. The fourth-order valence-electron chi connectivity index (χ4n) is 3.14. The second-order valence-corrected chi connectivity index (χ2v) is 6.60. The number of nitrogens with two attached hydrogens (primary N) is 1. The van der Waals surface area contributed by atoms with Crippen LogP contribution < -0.4 is 11.1 Å². The van der Waals surface area contributed by atoms with Gasteiger partial charge in [0.25, 0.3) is 5.91 Å². The summed E-state index contributed by atoms with van der Waals surface area (Å²) in [5, 5.41) is 2.82. The Bertz CT molecular complexity index is 1150. The van der Waals surface area contributed by atoms with Crippen LogP contribution in [0.2, 0.25) is 0 Å². The molecule has 3 aromatic carbocycles. The van der Waals surface area contributed by atoms with Crippen LogP contribution in [0.3, 0.4) is 0 Å². The van der Waals surface area contributed by atoms with Gasteiger partial charge in [-0.1, -0.05) is 42.0 Å². The van der Waals surface area contributed by atoms with Gasteiger partial charge in [0.15, 0.2) is 0 Å². The lowest BCUT2D eigenvalue weighted by molar-refractivity contribution is -0.110. The second kappa shape index (κ2) is 7.12. The number of allylic oxidation sites excluding steroid dienone is 1. The molecule has 5 heteroatoms.